The van der Waals surface area contributed by atoms with Crippen molar-refractivity contribution >= 4 is 23.3 Å². The Bertz CT molecular complexity index is 805. The molecule has 21 heavy (non-hydrogen) atoms. The molecule has 4 heteroatoms. The first-order valence-corrected chi connectivity index (χ1v) is 7.41. The number of benzene rings is 2. The number of rotatable bonds is 4. The number of fused-ring (bicyclic) bond motifs is 1. The SMILES string of the molecule is COc1ccc2c(c1)[nH]c(=S)n2CC(C)c1ccccc1. The fourth-order valence-electron chi connectivity index (χ4n) is 2.61. The van der Waals surface area contributed by atoms with Crippen molar-refractivity contribution in [2.45, 2.75) is 19.4 Å². The quantitative estimate of drug-likeness (QED) is 0.718. The van der Waals surface area contributed by atoms with Gasteiger partial charge >= 0.3 is 0 Å². The normalized spacial score (nSPS) is 12.5. The monoisotopic (exact) mass is 298 g/mol. The van der Waals surface area contributed by atoms with Crippen LogP contribution in [-0.4, -0.2) is 16.7 Å². The fourth-order valence-corrected chi connectivity index (χ4v) is 2.89. The van der Waals surface area contributed by atoms with Crippen LogP contribution in [0.3, 0.4) is 0 Å². The van der Waals surface area contributed by atoms with Crippen LogP contribution in [0.4, 0.5) is 0 Å². The third kappa shape index (κ3) is 2.72. The first kappa shape index (κ1) is 13.9. The Morgan fingerprint density at radius 2 is 1.95 bits per heavy atom. The molecule has 2 aromatic carbocycles. The molecule has 1 aromatic heterocycles. The number of aromatic amines is 1. The smallest absolute Gasteiger partial charge is 0.178 e. The molecule has 0 saturated heterocycles. The molecule has 3 rings (SSSR count). The van der Waals surface area contributed by atoms with Gasteiger partial charge in [-0.25, -0.2) is 0 Å². The molecule has 3 nitrogen and oxygen atoms in total. The van der Waals surface area contributed by atoms with E-state index in [0.717, 1.165) is 28.1 Å². The van der Waals surface area contributed by atoms with Crippen LogP contribution < -0.4 is 4.74 Å². The van der Waals surface area contributed by atoms with Gasteiger partial charge in [-0.3, -0.25) is 0 Å². The molecule has 0 spiro atoms. The maximum atomic E-state index is 5.47. The van der Waals surface area contributed by atoms with Crippen molar-refractivity contribution in [3.05, 3.63) is 58.9 Å². The van der Waals surface area contributed by atoms with Crippen molar-refractivity contribution in [3.8, 4) is 5.75 Å². The molecule has 1 heterocycles. The fraction of sp³-hybridized carbons (Fsp3) is 0.235. The number of imidazole rings is 1. The number of hydrogen-bond acceptors (Lipinski definition) is 2. The van der Waals surface area contributed by atoms with Gasteiger partial charge in [-0.05, 0) is 35.8 Å². The standard InChI is InChI=1S/C17H18N2OS/c1-12(13-6-4-3-5-7-13)11-19-16-9-8-14(20-2)10-15(16)18-17(19)21/h3-10,12H,11H2,1-2H3,(H,18,21). The molecule has 108 valence electrons. The molecule has 0 radical (unpaired) electrons. The van der Waals surface area contributed by atoms with Crippen molar-refractivity contribution in [1.82, 2.24) is 9.55 Å². The molecule has 0 amide bonds. The lowest BCUT2D eigenvalue weighted by molar-refractivity contribution is 0.415. The lowest BCUT2D eigenvalue weighted by Gasteiger charge is -2.13. The van der Waals surface area contributed by atoms with Gasteiger partial charge in [0, 0.05) is 12.6 Å². The van der Waals surface area contributed by atoms with Crippen LogP contribution in [0, 0.1) is 4.77 Å². The molecule has 0 aliphatic heterocycles. The van der Waals surface area contributed by atoms with Crippen LogP contribution in [0.15, 0.2) is 48.5 Å². The third-order valence-corrected chi connectivity index (χ3v) is 4.13. The molecule has 0 aliphatic rings. The zero-order valence-corrected chi connectivity index (χ0v) is 13.0. The zero-order valence-electron chi connectivity index (χ0n) is 12.2. The van der Waals surface area contributed by atoms with Crippen LogP contribution >= 0.6 is 12.2 Å². The summed E-state index contributed by atoms with van der Waals surface area (Å²) in [5.74, 6) is 1.24. The second kappa shape index (κ2) is 5.74. The second-order valence-corrected chi connectivity index (χ2v) is 5.62. The van der Waals surface area contributed by atoms with Gasteiger partial charge in [0.15, 0.2) is 4.77 Å². The van der Waals surface area contributed by atoms with Gasteiger partial charge in [0.1, 0.15) is 5.75 Å². The predicted octanol–water partition coefficient (Wildman–Crippen LogP) is 4.51. The van der Waals surface area contributed by atoms with Gasteiger partial charge < -0.3 is 14.3 Å². The second-order valence-electron chi connectivity index (χ2n) is 5.24. The maximum absolute atomic E-state index is 5.47. The van der Waals surface area contributed by atoms with Crippen molar-refractivity contribution in [3.63, 3.8) is 0 Å². The van der Waals surface area contributed by atoms with Gasteiger partial charge in [0.25, 0.3) is 0 Å². The Hall–Kier alpha value is -2.07. The van der Waals surface area contributed by atoms with E-state index in [9.17, 15) is 0 Å². The molecule has 0 aliphatic carbocycles. The van der Waals surface area contributed by atoms with E-state index in [-0.39, 0.29) is 0 Å². The van der Waals surface area contributed by atoms with Crippen LogP contribution in [0.2, 0.25) is 0 Å². The van der Waals surface area contributed by atoms with Crippen molar-refractivity contribution in [2.75, 3.05) is 7.11 Å². The number of nitrogens with one attached hydrogen (secondary N) is 1. The Labute approximate surface area is 129 Å². The van der Waals surface area contributed by atoms with Crippen LogP contribution in [0.1, 0.15) is 18.4 Å². The van der Waals surface area contributed by atoms with Crippen LogP contribution in [0.5, 0.6) is 5.75 Å². The Morgan fingerprint density at radius 1 is 1.19 bits per heavy atom. The van der Waals surface area contributed by atoms with Crippen LogP contribution in [0.25, 0.3) is 11.0 Å². The number of aromatic nitrogens is 2. The lowest BCUT2D eigenvalue weighted by atomic mass is 10.0. The van der Waals surface area contributed by atoms with E-state index in [4.69, 9.17) is 17.0 Å². The molecule has 0 bridgehead atoms. The van der Waals surface area contributed by atoms with Crippen molar-refractivity contribution in [1.29, 1.82) is 0 Å². The molecular weight excluding hydrogens is 280 g/mol. The first-order chi connectivity index (χ1) is 10.2. The maximum Gasteiger partial charge on any atom is 0.178 e. The van der Waals surface area contributed by atoms with E-state index in [1.54, 1.807) is 7.11 Å². The molecule has 1 unspecified atom stereocenters. The van der Waals surface area contributed by atoms with E-state index in [2.05, 4.69) is 46.8 Å². The average Bonchev–Trinajstić information content (AvgIpc) is 2.83. The minimum Gasteiger partial charge on any atom is -0.497 e. The lowest BCUT2D eigenvalue weighted by Crippen LogP contribution is -2.06. The third-order valence-electron chi connectivity index (χ3n) is 3.81. The van der Waals surface area contributed by atoms with Gasteiger partial charge in [0.2, 0.25) is 0 Å². The van der Waals surface area contributed by atoms with Crippen molar-refractivity contribution in [2.24, 2.45) is 0 Å². The van der Waals surface area contributed by atoms with Gasteiger partial charge in [0.05, 0.1) is 18.1 Å². The van der Waals surface area contributed by atoms with E-state index in [1.807, 2.05) is 18.2 Å². The Morgan fingerprint density at radius 3 is 2.67 bits per heavy atom. The van der Waals surface area contributed by atoms with E-state index in [0.29, 0.717) is 5.92 Å². The summed E-state index contributed by atoms with van der Waals surface area (Å²) in [6.45, 7) is 3.08. The predicted molar refractivity (Wildman–Crippen MR) is 88.5 cm³/mol. The average molecular weight is 298 g/mol. The summed E-state index contributed by atoms with van der Waals surface area (Å²) in [4.78, 5) is 3.26. The van der Waals surface area contributed by atoms with E-state index >= 15 is 0 Å². The minimum atomic E-state index is 0.402. The minimum absolute atomic E-state index is 0.402. The highest BCUT2D eigenvalue weighted by atomic mass is 32.1. The number of nitrogens with zero attached hydrogens (tertiary/aromatic N) is 1. The summed E-state index contributed by atoms with van der Waals surface area (Å²) in [7, 11) is 1.67. The Balaban J connectivity index is 1.97. The summed E-state index contributed by atoms with van der Waals surface area (Å²) >= 11 is 5.47. The van der Waals surface area contributed by atoms with E-state index < -0.39 is 0 Å². The highest BCUT2D eigenvalue weighted by Gasteiger charge is 2.10. The molecule has 0 saturated carbocycles. The topological polar surface area (TPSA) is 29.9 Å². The summed E-state index contributed by atoms with van der Waals surface area (Å²) in [6.07, 6.45) is 0. The molecular formula is C17H18N2OS. The first-order valence-electron chi connectivity index (χ1n) is 7.00. The molecule has 1 atom stereocenters. The molecule has 3 aromatic rings. The number of methoxy groups -OCH3 is 1. The molecule has 0 fully saturated rings. The summed E-state index contributed by atoms with van der Waals surface area (Å²) in [5, 5.41) is 0. The number of H-pyrrole nitrogens is 1. The number of ether oxygens (including phenoxy) is 1. The molecule has 1 N–H and O–H groups in total. The van der Waals surface area contributed by atoms with Gasteiger partial charge in [-0.1, -0.05) is 37.3 Å². The summed E-state index contributed by atoms with van der Waals surface area (Å²) < 4.78 is 8.16. The highest BCUT2D eigenvalue weighted by Crippen LogP contribution is 2.24. The zero-order chi connectivity index (χ0) is 14.8. The van der Waals surface area contributed by atoms with E-state index in [1.165, 1.54) is 5.56 Å². The summed E-state index contributed by atoms with van der Waals surface area (Å²) in [6, 6.07) is 16.5. The van der Waals surface area contributed by atoms with Crippen LogP contribution in [-0.2, 0) is 6.54 Å². The Kier molecular flexibility index (Phi) is 3.80. The highest BCUT2D eigenvalue weighted by molar-refractivity contribution is 7.71. The largest absolute Gasteiger partial charge is 0.497 e. The van der Waals surface area contributed by atoms with Gasteiger partial charge in [-0.15, -0.1) is 0 Å². The summed E-state index contributed by atoms with van der Waals surface area (Å²) in [5.41, 5.74) is 3.45. The van der Waals surface area contributed by atoms with Crippen molar-refractivity contribution < 1.29 is 4.74 Å². The number of hydrogen-bond donors (Lipinski definition) is 1. The van der Waals surface area contributed by atoms with Gasteiger partial charge in [-0.2, -0.15) is 0 Å².